The van der Waals surface area contributed by atoms with E-state index in [1.165, 1.54) is 18.2 Å². The molecule has 0 aliphatic heterocycles. The van der Waals surface area contributed by atoms with Crippen LogP contribution >= 0.6 is 11.6 Å². The zero-order chi connectivity index (χ0) is 19.4. The van der Waals surface area contributed by atoms with Crippen LogP contribution in [-0.2, 0) is 6.54 Å². The van der Waals surface area contributed by atoms with Gasteiger partial charge in [-0.15, -0.1) is 0 Å². The third-order valence-corrected chi connectivity index (χ3v) is 4.52. The number of benzene rings is 2. The lowest BCUT2D eigenvalue weighted by Crippen LogP contribution is -2.22. The minimum Gasteiger partial charge on any atom is -0.545 e. The van der Waals surface area contributed by atoms with Crippen LogP contribution in [0, 0.1) is 13.8 Å². The second-order valence-electron chi connectivity index (χ2n) is 6.08. The van der Waals surface area contributed by atoms with E-state index in [-0.39, 0.29) is 5.56 Å². The van der Waals surface area contributed by atoms with E-state index in [9.17, 15) is 9.90 Å². The van der Waals surface area contributed by atoms with Crippen LogP contribution in [0.4, 0.5) is 5.69 Å². The van der Waals surface area contributed by atoms with E-state index in [0.29, 0.717) is 17.3 Å². The molecule has 0 amide bonds. The van der Waals surface area contributed by atoms with Gasteiger partial charge < -0.3 is 9.90 Å². The maximum atomic E-state index is 11.0. The average molecular weight is 382 g/mol. The molecule has 27 heavy (non-hydrogen) atoms. The summed E-state index contributed by atoms with van der Waals surface area (Å²) in [5.41, 5.74) is 7.09. The summed E-state index contributed by atoms with van der Waals surface area (Å²) in [6.07, 6.45) is 1.65. The summed E-state index contributed by atoms with van der Waals surface area (Å²) in [7, 11) is 0. The number of nitrogens with one attached hydrogen (secondary N) is 1. The third kappa shape index (κ3) is 4.35. The van der Waals surface area contributed by atoms with Crippen molar-refractivity contribution in [3.8, 4) is 0 Å². The predicted molar refractivity (Wildman–Crippen MR) is 104 cm³/mol. The van der Waals surface area contributed by atoms with Crippen molar-refractivity contribution in [2.24, 2.45) is 5.10 Å². The van der Waals surface area contributed by atoms with Crippen LogP contribution in [0.15, 0.2) is 53.6 Å². The number of anilines is 1. The number of hydrazone groups is 1. The van der Waals surface area contributed by atoms with Gasteiger partial charge in [-0.1, -0.05) is 48.0 Å². The number of hydrogen-bond acceptors (Lipinski definition) is 5. The fourth-order valence-corrected chi connectivity index (χ4v) is 2.87. The summed E-state index contributed by atoms with van der Waals surface area (Å²) in [5, 5.41) is 20.1. The summed E-state index contributed by atoms with van der Waals surface area (Å²) in [5.74, 6) is -1.27. The lowest BCUT2D eigenvalue weighted by atomic mass is 10.2. The molecule has 0 saturated carbocycles. The van der Waals surface area contributed by atoms with E-state index < -0.39 is 5.97 Å². The van der Waals surface area contributed by atoms with Crippen molar-refractivity contribution in [2.45, 2.75) is 20.4 Å². The Morgan fingerprint density at radius 2 is 2.00 bits per heavy atom. The van der Waals surface area contributed by atoms with Crippen molar-refractivity contribution in [3.63, 3.8) is 0 Å². The highest BCUT2D eigenvalue weighted by Gasteiger charge is 2.10. The monoisotopic (exact) mass is 381 g/mol. The molecule has 1 heterocycles. The minimum absolute atomic E-state index is 0.0279. The standard InChI is InChI=1S/C20H19ClN4O2/c1-13-17(14(2)25(24-13)12-15-6-4-3-5-7-15)11-22-23-19-10-16(20(26)27)8-9-18(19)21/h3-11,23H,12H2,1-2H3,(H,26,27)/p-1/b22-11-. The Labute approximate surface area is 162 Å². The largest absolute Gasteiger partial charge is 0.545 e. The molecule has 3 aromatic rings. The quantitative estimate of drug-likeness (QED) is 0.525. The highest BCUT2D eigenvalue weighted by molar-refractivity contribution is 6.33. The van der Waals surface area contributed by atoms with Crippen molar-refractivity contribution in [1.29, 1.82) is 0 Å². The van der Waals surface area contributed by atoms with Crippen molar-refractivity contribution in [2.75, 3.05) is 5.43 Å². The Hall–Kier alpha value is -3.12. The van der Waals surface area contributed by atoms with Gasteiger partial charge in [-0.3, -0.25) is 10.1 Å². The molecule has 1 N–H and O–H groups in total. The van der Waals surface area contributed by atoms with Crippen molar-refractivity contribution in [1.82, 2.24) is 9.78 Å². The van der Waals surface area contributed by atoms with E-state index >= 15 is 0 Å². The fourth-order valence-electron chi connectivity index (χ4n) is 2.71. The molecule has 3 rings (SSSR count). The molecule has 0 aliphatic rings. The Morgan fingerprint density at radius 3 is 2.70 bits per heavy atom. The molecule has 6 nitrogen and oxygen atoms in total. The topological polar surface area (TPSA) is 82.3 Å². The second-order valence-corrected chi connectivity index (χ2v) is 6.49. The van der Waals surface area contributed by atoms with Crippen LogP contribution in [0.2, 0.25) is 5.02 Å². The minimum atomic E-state index is -1.27. The normalized spacial score (nSPS) is 11.1. The van der Waals surface area contributed by atoms with E-state index in [4.69, 9.17) is 11.6 Å². The molecule has 0 saturated heterocycles. The van der Waals surface area contributed by atoms with Gasteiger partial charge in [-0.05, 0) is 37.1 Å². The Balaban J connectivity index is 1.78. The smallest absolute Gasteiger partial charge is 0.0754 e. The number of aryl methyl sites for hydroxylation is 1. The first-order chi connectivity index (χ1) is 13.0. The number of carboxylic acids is 1. The van der Waals surface area contributed by atoms with Gasteiger partial charge in [0, 0.05) is 11.3 Å². The molecule has 0 unspecified atom stereocenters. The predicted octanol–water partition coefficient (Wildman–Crippen LogP) is 3.01. The highest BCUT2D eigenvalue weighted by Crippen LogP contribution is 2.23. The highest BCUT2D eigenvalue weighted by atomic mass is 35.5. The molecule has 138 valence electrons. The van der Waals surface area contributed by atoms with E-state index in [2.05, 4.69) is 27.8 Å². The van der Waals surface area contributed by atoms with Gasteiger partial charge in [-0.2, -0.15) is 10.2 Å². The van der Waals surface area contributed by atoms with Crippen molar-refractivity contribution < 1.29 is 9.90 Å². The lowest BCUT2D eigenvalue weighted by molar-refractivity contribution is -0.255. The Morgan fingerprint density at radius 1 is 1.26 bits per heavy atom. The van der Waals surface area contributed by atoms with Gasteiger partial charge in [-0.25, -0.2) is 0 Å². The number of aromatic nitrogens is 2. The van der Waals surface area contributed by atoms with E-state index in [1.807, 2.05) is 36.7 Å². The molecule has 0 bridgehead atoms. The van der Waals surface area contributed by atoms with Crippen LogP contribution in [0.3, 0.4) is 0 Å². The SMILES string of the molecule is Cc1nn(Cc2ccccc2)c(C)c1/C=N\Nc1cc(C(=O)[O-])ccc1Cl. The summed E-state index contributed by atoms with van der Waals surface area (Å²) in [4.78, 5) is 11.0. The zero-order valence-electron chi connectivity index (χ0n) is 14.9. The average Bonchev–Trinajstić information content (AvgIpc) is 2.91. The third-order valence-electron chi connectivity index (χ3n) is 4.19. The van der Waals surface area contributed by atoms with Gasteiger partial charge in [0.2, 0.25) is 0 Å². The molecule has 0 spiro atoms. The van der Waals surface area contributed by atoms with Crippen LogP contribution < -0.4 is 10.5 Å². The van der Waals surface area contributed by atoms with Gasteiger partial charge in [0.05, 0.1) is 35.1 Å². The van der Waals surface area contributed by atoms with Crippen molar-refractivity contribution in [3.05, 3.63) is 81.6 Å². The second kappa shape index (κ2) is 8.05. The maximum Gasteiger partial charge on any atom is 0.0754 e. The first-order valence-electron chi connectivity index (χ1n) is 8.33. The first kappa shape index (κ1) is 18.7. The molecule has 0 fully saturated rings. The number of carbonyl (C=O) groups excluding carboxylic acids is 1. The molecule has 1 aromatic heterocycles. The number of halogens is 1. The Bertz CT molecular complexity index is 997. The Kier molecular flexibility index (Phi) is 5.57. The maximum absolute atomic E-state index is 11.0. The first-order valence-corrected chi connectivity index (χ1v) is 8.71. The van der Waals surface area contributed by atoms with Crippen LogP contribution in [-0.4, -0.2) is 22.0 Å². The number of rotatable bonds is 6. The number of carbonyl (C=O) groups is 1. The number of hydrogen-bond donors (Lipinski definition) is 1. The summed E-state index contributed by atoms with van der Waals surface area (Å²) in [6, 6.07) is 14.3. The fraction of sp³-hybridized carbons (Fsp3) is 0.150. The molecule has 0 atom stereocenters. The summed E-state index contributed by atoms with van der Waals surface area (Å²) >= 11 is 6.07. The number of nitrogens with zero attached hydrogens (tertiary/aromatic N) is 3. The lowest BCUT2D eigenvalue weighted by Gasteiger charge is -2.07. The van der Waals surface area contributed by atoms with Crippen LogP contribution in [0.5, 0.6) is 0 Å². The van der Waals surface area contributed by atoms with Gasteiger partial charge in [0.25, 0.3) is 0 Å². The van der Waals surface area contributed by atoms with Gasteiger partial charge in [0.15, 0.2) is 0 Å². The molecule has 0 radical (unpaired) electrons. The number of carboxylic acid groups (broad SMARTS) is 1. The molecule has 2 aromatic carbocycles. The molecule has 0 aliphatic carbocycles. The van der Waals surface area contributed by atoms with Gasteiger partial charge in [0.1, 0.15) is 0 Å². The molecular formula is C20H18ClN4O2-. The summed E-state index contributed by atoms with van der Waals surface area (Å²) in [6.45, 7) is 4.57. The molecule has 7 heteroatoms. The van der Waals surface area contributed by atoms with E-state index in [0.717, 1.165) is 22.5 Å². The van der Waals surface area contributed by atoms with Crippen LogP contribution in [0.25, 0.3) is 0 Å². The molecular weight excluding hydrogens is 364 g/mol. The zero-order valence-corrected chi connectivity index (χ0v) is 15.7. The van der Waals surface area contributed by atoms with Crippen LogP contribution in [0.1, 0.15) is 32.9 Å². The van der Waals surface area contributed by atoms with E-state index in [1.54, 1.807) is 6.21 Å². The van der Waals surface area contributed by atoms with Crippen molar-refractivity contribution >= 4 is 29.5 Å². The number of aromatic carboxylic acids is 1. The van der Waals surface area contributed by atoms with Gasteiger partial charge >= 0.3 is 0 Å². The summed E-state index contributed by atoms with van der Waals surface area (Å²) < 4.78 is 1.93.